The van der Waals surface area contributed by atoms with E-state index < -0.39 is 23.4 Å². The summed E-state index contributed by atoms with van der Waals surface area (Å²) < 4.78 is 22.4. The molecule has 0 atom stereocenters. The average molecular weight is 736 g/mol. The first kappa shape index (κ1) is 39.8. The molecule has 1 heterocycles. The molecule has 4 aromatic carbocycles. The Morgan fingerprint density at radius 3 is 1.43 bits per heavy atom. The summed E-state index contributed by atoms with van der Waals surface area (Å²) in [4.78, 5) is 57.8. The lowest BCUT2D eigenvalue weighted by atomic mass is 9.90. The summed E-state index contributed by atoms with van der Waals surface area (Å²) in [6.07, 6.45) is 0.930. The molecule has 1 aliphatic rings. The van der Waals surface area contributed by atoms with Crippen LogP contribution in [0.4, 0.5) is 0 Å². The van der Waals surface area contributed by atoms with E-state index in [2.05, 4.69) is 4.90 Å². The number of esters is 3. The van der Waals surface area contributed by atoms with Crippen molar-refractivity contribution in [3.63, 3.8) is 0 Å². The fraction of sp³-hybridized carbons (Fsp3) is 0.349. The third-order valence-electron chi connectivity index (χ3n) is 9.46. The zero-order valence-corrected chi connectivity index (χ0v) is 30.6. The minimum Gasteiger partial charge on any atom is -0.468 e. The van der Waals surface area contributed by atoms with Gasteiger partial charge in [-0.15, -0.1) is 0 Å². The second-order valence-corrected chi connectivity index (χ2v) is 13.5. The minimum absolute atomic E-state index is 0.0135. The smallest absolute Gasteiger partial charge is 0.320 e. The number of hydrogen-bond donors (Lipinski definition) is 0. The van der Waals surface area contributed by atoms with E-state index >= 15 is 0 Å². The van der Waals surface area contributed by atoms with E-state index in [1.54, 1.807) is 0 Å². The Hall–Kier alpha value is -5.36. The lowest BCUT2D eigenvalue weighted by Gasteiger charge is -2.46. The van der Waals surface area contributed by atoms with Crippen molar-refractivity contribution in [2.24, 2.45) is 0 Å². The molecule has 0 aliphatic carbocycles. The van der Waals surface area contributed by atoms with E-state index in [1.165, 1.54) is 0 Å². The summed E-state index contributed by atoms with van der Waals surface area (Å²) in [6, 6.07) is 38.4. The summed E-state index contributed by atoms with van der Waals surface area (Å²) in [6.45, 7) is 2.74. The Kier molecular flexibility index (Phi) is 15.8. The molecule has 0 radical (unpaired) electrons. The molecule has 54 heavy (non-hydrogen) atoms. The molecule has 0 aromatic heterocycles. The monoisotopic (exact) mass is 735 g/mol. The molecule has 1 aliphatic heterocycles. The van der Waals surface area contributed by atoms with E-state index in [4.69, 9.17) is 18.9 Å². The van der Waals surface area contributed by atoms with Crippen LogP contribution in [0.25, 0.3) is 0 Å². The zero-order chi connectivity index (χ0) is 37.9. The Balaban J connectivity index is 1.41. The SMILES string of the molecule is O=COCCC1(N(CCc2ccccc2)CC(=O)OCc2ccccc2)CN(CC(=O)OCc2ccccc2)CCN(CC(=O)OCc2ccccc2)C1. The molecule has 0 amide bonds. The summed E-state index contributed by atoms with van der Waals surface area (Å²) in [7, 11) is 0. The summed E-state index contributed by atoms with van der Waals surface area (Å²) in [5, 5.41) is 0. The zero-order valence-electron chi connectivity index (χ0n) is 30.6. The van der Waals surface area contributed by atoms with Gasteiger partial charge in [0.25, 0.3) is 6.47 Å². The van der Waals surface area contributed by atoms with Gasteiger partial charge in [-0.2, -0.15) is 0 Å². The van der Waals surface area contributed by atoms with Crippen LogP contribution in [-0.2, 0) is 64.4 Å². The van der Waals surface area contributed by atoms with Gasteiger partial charge in [0, 0.05) is 39.1 Å². The topological polar surface area (TPSA) is 115 Å². The van der Waals surface area contributed by atoms with Gasteiger partial charge in [0.1, 0.15) is 19.8 Å². The fourth-order valence-corrected chi connectivity index (χ4v) is 6.67. The molecule has 0 N–H and O–H groups in total. The minimum atomic E-state index is -0.876. The van der Waals surface area contributed by atoms with Gasteiger partial charge in [-0.1, -0.05) is 121 Å². The lowest BCUT2D eigenvalue weighted by Crippen LogP contribution is -2.62. The average Bonchev–Trinajstić information content (AvgIpc) is 3.37. The number of carbonyl (C=O) groups is 4. The number of benzene rings is 4. The van der Waals surface area contributed by atoms with Crippen LogP contribution >= 0.6 is 0 Å². The Labute approximate surface area is 317 Å². The van der Waals surface area contributed by atoms with Crippen molar-refractivity contribution >= 4 is 24.4 Å². The molecule has 0 unspecified atom stereocenters. The fourth-order valence-electron chi connectivity index (χ4n) is 6.67. The van der Waals surface area contributed by atoms with Crippen molar-refractivity contribution in [2.75, 3.05) is 59.0 Å². The van der Waals surface area contributed by atoms with Gasteiger partial charge in [-0.3, -0.25) is 33.9 Å². The van der Waals surface area contributed by atoms with Gasteiger partial charge >= 0.3 is 17.9 Å². The maximum Gasteiger partial charge on any atom is 0.320 e. The quantitative estimate of drug-likeness (QED) is 0.0546. The number of hydrogen-bond acceptors (Lipinski definition) is 11. The predicted molar refractivity (Wildman–Crippen MR) is 203 cm³/mol. The molecule has 1 saturated heterocycles. The third kappa shape index (κ3) is 13.2. The van der Waals surface area contributed by atoms with Crippen LogP contribution in [0.15, 0.2) is 121 Å². The first-order valence-corrected chi connectivity index (χ1v) is 18.3. The molecule has 284 valence electrons. The highest BCUT2D eigenvalue weighted by atomic mass is 16.5. The van der Waals surface area contributed by atoms with E-state index in [0.29, 0.717) is 52.0 Å². The maximum atomic E-state index is 13.7. The van der Waals surface area contributed by atoms with Gasteiger partial charge in [0.15, 0.2) is 0 Å². The van der Waals surface area contributed by atoms with E-state index in [-0.39, 0.29) is 46.1 Å². The van der Waals surface area contributed by atoms with Crippen LogP contribution in [0, 0.1) is 0 Å². The van der Waals surface area contributed by atoms with Gasteiger partial charge in [-0.25, -0.2) is 0 Å². The van der Waals surface area contributed by atoms with Crippen molar-refractivity contribution in [1.29, 1.82) is 0 Å². The van der Waals surface area contributed by atoms with Crippen LogP contribution in [0.3, 0.4) is 0 Å². The van der Waals surface area contributed by atoms with Gasteiger partial charge in [-0.05, 0) is 28.7 Å². The standard InChI is InChI=1S/C43H49N3O8/c47-35-51-26-22-43(46(23-21-36-13-5-1-6-14-36)29-42(50)54-32-39-19-11-4-12-20-39)33-44(27-40(48)52-30-37-15-7-2-8-16-37)24-25-45(34-43)28-41(49)53-31-38-17-9-3-10-18-38/h1-20,35H,21-34H2. The van der Waals surface area contributed by atoms with Crippen molar-refractivity contribution in [1.82, 2.24) is 14.7 Å². The van der Waals surface area contributed by atoms with Crippen LogP contribution < -0.4 is 0 Å². The van der Waals surface area contributed by atoms with E-state index in [9.17, 15) is 19.2 Å². The van der Waals surface area contributed by atoms with Gasteiger partial charge in [0.05, 0.1) is 31.8 Å². The maximum absolute atomic E-state index is 13.7. The van der Waals surface area contributed by atoms with Crippen molar-refractivity contribution in [3.8, 4) is 0 Å². The Bertz CT molecular complexity index is 1660. The van der Waals surface area contributed by atoms with Crippen LogP contribution in [0.1, 0.15) is 28.7 Å². The summed E-state index contributed by atoms with van der Waals surface area (Å²) >= 11 is 0. The first-order valence-electron chi connectivity index (χ1n) is 18.3. The first-order chi connectivity index (χ1) is 26.4. The highest BCUT2D eigenvalue weighted by molar-refractivity contribution is 5.73. The molecular weight excluding hydrogens is 686 g/mol. The van der Waals surface area contributed by atoms with Crippen LogP contribution in [0.2, 0.25) is 0 Å². The van der Waals surface area contributed by atoms with E-state index in [0.717, 1.165) is 22.3 Å². The van der Waals surface area contributed by atoms with Crippen molar-refractivity contribution in [3.05, 3.63) is 144 Å². The molecule has 0 saturated carbocycles. The number of carbonyl (C=O) groups excluding carboxylic acids is 4. The molecule has 1 fully saturated rings. The largest absolute Gasteiger partial charge is 0.468 e. The lowest BCUT2D eigenvalue weighted by molar-refractivity contribution is -0.151. The van der Waals surface area contributed by atoms with Gasteiger partial charge in [0.2, 0.25) is 0 Å². The van der Waals surface area contributed by atoms with E-state index in [1.807, 2.05) is 131 Å². The third-order valence-corrected chi connectivity index (χ3v) is 9.46. The highest BCUT2D eigenvalue weighted by Crippen LogP contribution is 2.27. The number of rotatable bonds is 20. The Morgan fingerprint density at radius 2 is 1.00 bits per heavy atom. The second-order valence-electron chi connectivity index (χ2n) is 13.5. The molecule has 11 nitrogen and oxygen atoms in total. The normalized spacial score (nSPS) is 14.5. The molecule has 0 bridgehead atoms. The molecular formula is C43H49N3O8. The summed E-state index contributed by atoms with van der Waals surface area (Å²) in [5.74, 6) is -1.22. The predicted octanol–water partition coefficient (Wildman–Crippen LogP) is 4.68. The number of nitrogens with zero attached hydrogens (tertiary/aromatic N) is 3. The van der Waals surface area contributed by atoms with Crippen molar-refractivity contribution in [2.45, 2.75) is 38.2 Å². The second kappa shape index (κ2) is 21.4. The molecule has 5 rings (SSSR count). The molecule has 0 spiro atoms. The van der Waals surface area contributed by atoms with Crippen LogP contribution in [-0.4, -0.2) is 104 Å². The van der Waals surface area contributed by atoms with Gasteiger partial charge < -0.3 is 18.9 Å². The molecule has 11 heteroatoms. The highest BCUT2D eigenvalue weighted by Gasteiger charge is 2.43. The number of ether oxygens (including phenoxy) is 4. The summed E-state index contributed by atoms with van der Waals surface area (Å²) in [5.41, 5.74) is 2.83. The molecule has 4 aromatic rings. The van der Waals surface area contributed by atoms with Crippen molar-refractivity contribution < 1.29 is 38.1 Å². The van der Waals surface area contributed by atoms with Crippen LogP contribution in [0.5, 0.6) is 0 Å². The Morgan fingerprint density at radius 1 is 0.593 bits per heavy atom.